The van der Waals surface area contributed by atoms with E-state index in [9.17, 15) is 4.79 Å². The highest BCUT2D eigenvalue weighted by Gasteiger charge is 2.24. The minimum absolute atomic E-state index is 0.0416. The molecule has 0 saturated heterocycles. The highest BCUT2D eigenvalue weighted by atomic mass is 16.5. The summed E-state index contributed by atoms with van der Waals surface area (Å²) in [6.07, 6.45) is -0.653. The molecule has 0 aliphatic heterocycles. The molecule has 0 aromatic heterocycles. The van der Waals surface area contributed by atoms with Gasteiger partial charge in [-0.2, -0.15) is 0 Å². The number of ketones is 1. The zero-order valence-electron chi connectivity index (χ0n) is 13.0. The number of carbonyl (C=O) groups excluding carboxylic acids is 1. The maximum atomic E-state index is 12.9. The molecule has 0 amide bonds. The molecule has 1 unspecified atom stereocenters. The maximum Gasteiger partial charge on any atom is 0.207 e. The number of carbonyl (C=O) groups is 1. The van der Waals surface area contributed by atoms with Crippen LogP contribution in [0.5, 0.6) is 5.75 Å². The van der Waals surface area contributed by atoms with Gasteiger partial charge in [-0.1, -0.05) is 78.9 Å². The summed E-state index contributed by atoms with van der Waals surface area (Å²) in [5.74, 6) is 0.686. The quantitative estimate of drug-likeness (QED) is 0.620. The second kappa shape index (κ2) is 6.93. The predicted molar refractivity (Wildman–Crippen MR) is 91.8 cm³/mol. The lowest BCUT2D eigenvalue weighted by atomic mass is 9.99. The van der Waals surface area contributed by atoms with Gasteiger partial charge in [-0.25, -0.2) is 0 Å². The van der Waals surface area contributed by atoms with Crippen LogP contribution >= 0.6 is 0 Å². The van der Waals surface area contributed by atoms with Crippen LogP contribution in [-0.4, -0.2) is 5.78 Å². The van der Waals surface area contributed by atoms with Crippen LogP contribution in [0.3, 0.4) is 0 Å². The van der Waals surface area contributed by atoms with Gasteiger partial charge in [0.15, 0.2) is 6.10 Å². The van der Waals surface area contributed by atoms with Gasteiger partial charge in [-0.3, -0.25) is 4.79 Å². The Bertz CT molecular complexity index is 779. The summed E-state index contributed by atoms with van der Waals surface area (Å²) < 4.78 is 6.10. The van der Waals surface area contributed by atoms with E-state index in [2.05, 4.69) is 0 Å². The van der Waals surface area contributed by atoms with E-state index in [1.54, 1.807) is 0 Å². The molecular weight excluding hydrogens is 284 g/mol. The van der Waals surface area contributed by atoms with Crippen LogP contribution in [0.1, 0.15) is 27.6 Å². The van der Waals surface area contributed by atoms with Crippen molar-refractivity contribution in [2.75, 3.05) is 0 Å². The zero-order chi connectivity index (χ0) is 16.1. The normalized spacial score (nSPS) is 11.7. The fourth-order valence-corrected chi connectivity index (χ4v) is 2.47. The predicted octanol–water partition coefficient (Wildman–Crippen LogP) is 5.00. The first-order chi connectivity index (χ1) is 11.3. The molecule has 2 nitrogen and oxygen atoms in total. The molecule has 0 spiro atoms. The third kappa shape index (κ3) is 3.49. The first kappa shape index (κ1) is 15.0. The van der Waals surface area contributed by atoms with Gasteiger partial charge in [-0.15, -0.1) is 0 Å². The number of hydrogen-bond donors (Lipinski definition) is 0. The first-order valence-electron chi connectivity index (χ1n) is 7.62. The van der Waals surface area contributed by atoms with Gasteiger partial charge in [0.05, 0.1) is 0 Å². The Morgan fingerprint density at radius 1 is 0.783 bits per heavy atom. The Morgan fingerprint density at radius 2 is 1.35 bits per heavy atom. The Labute approximate surface area is 136 Å². The van der Waals surface area contributed by atoms with Crippen molar-refractivity contribution in [2.24, 2.45) is 0 Å². The van der Waals surface area contributed by atoms with Gasteiger partial charge in [-0.05, 0) is 18.6 Å². The molecule has 0 saturated carbocycles. The lowest BCUT2D eigenvalue weighted by molar-refractivity contribution is 0.0791. The topological polar surface area (TPSA) is 26.3 Å². The van der Waals surface area contributed by atoms with Crippen LogP contribution in [0.4, 0.5) is 0 Å². The summed E-state index contributed by atoms with van der Waals surface area (Å²) in [4.78, 5) is 12.9. The fourth-order valence-electron chi connectivity index (χ4n) is 2.47. The van der Waals surface area contributed by atoms with Gasteiger partial charge < -0.3 is 4.74 Å². The maximum absolute atomic E-state index is 12.9. The van der Waals surface area contributed by atoms with Crippen molar-refractivity contribution in [2.45, 2.75) is 13.0 Å². The number of ether oxygens (including phenoxy) is 1. The van der Waals surface area contributed by atoms with Crippen LogP contribution < -0.4 is 4.74 Å². The molecule has 114 valence electrons. The minimum Gasteiger partial charge on any atom is -0.477 e. The van der Waals surface area contributed by atoms with E-state index >= 15 is 0 Å². The molecule has 3 aromatic rings. The average Bonchev–Trinajstić information content (AvgIpc) is 2.62. The Hall–Kier alpha value is -2.87. The first-order valence-corrected chi connectivity index (χ1v) is 7.62. The molecule has 0 aliphatic rings. The molecule has 0 N–H and O–H groups in total. The second-order valence-corrected chi connectivity index (χ2v) is 5.40. The van der Waals surface area contributed by atoms with E-state index in [-0.39, 0.29) is 5.78 Å². The summed E-state index contributed by atoms with van der Waals surface area (Å²) >= 11 is 0. The fraction of sp³-hybridized carbons (Fsp3) is 0.0952. The SMILES string of the molecule is Cc1ccccc1OC(C(=O)c1ccccc1)c1ccccc1. The standard InChI is InChI=1S/C21H18O2/c1-16-10-8-9-15-19(16)23-21(18-13-6-3-7-14-18)20(22)17-11-4-2-5-12-17/h2-15,21H,1H3. The summed E-state index contributed by atoms with van der Waals surface area (Å²) in [6.45, 7) is 1.98. The summed E-state index contributed by atoms with van der Waals surface area (Å²) in [5, 5.41) is 0. The van der Waals surface area contributed by atoms with E-state index in [0.29, 0.717) is 5.56 Å². The molecular formula is C21H18O2. The number of aryl methyl sites for hydroxylation is 1. The molecule has 0 bridgehead atoms. The minimum atomic E-state index is -0.653. The number of hydrogen-bond acceptors (Lipinski definition) is 2. The second-order valence-electron chi connectivity index (χ2n) is 5.40. The van der Waals surface area contributed by atoms with Crippen LogP contribution in [0.2, 0.25) is 0 Å². The van der Waals surface area contributed by atoms with E-state index in [0.717, 1.165) is 16.9 Å². The van der Waals surface area contributed by atoms with Gasteiger partial charge in [0.2, 0.25) is 5.78 Å². The van der Waals surface area contributed by atoms with E-state index in [4.69, 9.17) is 4.74 Å². The summed E-state index contributed by atoms with van der Waals surface area (Å²) in [7, 11) is 0. The molecule has 0 heterocycles. The van der Waals surface area contributed by atoms with Crippen molar-refractivity contribution in [1.29, 1.82) is 0 Å². The summed E-state index contributed by atoms with van der Waals surface area (Å²) in [6, 6.07) is 26.6. The smallest absolute Gasteiger partial charge is 0.207 e. The number of rotatable bonds is 5. The molecule has 0 fully saturated rings. The molecule has 3 rings (SSSR count). The van der Waals surface area contributed by atoms with Crippen LogP contribution in [0, 0.1) is 6.92 Å². The van der Waals surface area contributed by atoms with Crippen molar-refractivity contribution in [3.8, 4) is 5.75 Å². The number of Topliss-reactive ketones (excluding diaryl/α,β-unsaturated/α-hetero) is 1. The zero-order valence-corrected chi connectivity index (χ0v) is 13.0. The molecule has 2 heteroatoms. The number of para-hydroxylation sites is 1. The highest BCUT2D eigenvalue weighted by Crippen LogP contribution is 2.27. The Balaban J connectivity index is 1.98. The third-order valence-corrected chi connectivity index (χ3v) is 3.74. The Kier molecular flexibility index (Phi) is 4.53. The monoisotopic (exact) mass is 302 g/mol. The van der Waals surface area contributed by atoms with Gasteiger partial charge >= 0.3 is 0 Å². The van der Waals surface area contributed by atoms with Crippen molar-refractivity contribution >= 4 is 5.78 Å². The van der Waals surface area contributed by atoms with Crippen molar-refractivity contribution in [1.82, 2.24) is 0 Å². The largest absolute Gasteiger partial charge is 0.477 e. The molecule has 1 atom stereocenters. The lowest BCUT2D eigenvalue weighted by Crippen LogP contribution is -2.19. The lowest BCUT2D eigenvalue weighted by Gasteiger charge is -2.20. The van der Waals surface area contributed by atoms with E-state index in [1.165, 1.54) is 0 Å². The highest BCUT2D eigenvalue weighted by molar-refractivity contribution is 6.00. The van der Waals surface area contributed by atoms with E-state index in [1.807, 2.05) is 91.9 Å². The summed E-state index contributed by atoms with van der Waals surface area (Å²) in [5.41, 5.74) is 2.51. The van der Waals surface area contributed by atoms with Crippen LogP contribution in [0.25, 0.3) is 0 Å². The van der Waals surface area contributed by atoms with Gasteiger partial charge in [0.1, 0.15) is 5.75 Å². The van der Waals surface area contributed by atoms with E-state index < -0.39 is 6.10 Å². The number of benzene rings is 3. The molecule has 0 radical (unpaired) electrons. The molecule has 23 heavy (non-hydrogen) atoms. The van der Waals surface area contributed by atoms with Crippen molar-refractivity contribution in [3.05, 3.63) is 102 Å². The van der Waals surface area contributed by atoms with Crippen LogP contribution in [-0.2, 0) is 0 Å². The molecule has 3 aromatic carbocycles. The van der Waals surface area contributed by atoms with Crippen molar-refractivity contribution in [3.63, 3.8) is 0 Å². The van der Waals surface area contributed by atoms with Crippen molar-refractivity contribution < 1.29 is 9.53 Å². The van der Waals surface area contributed by atoms with Gasteiger partial charge in [0.25, 0.3) is 0 Å². The van der Waals surface area contributed by atoms with Crippen LogP contribution in [0.15, 0.2) is 84.9 Å². The molecule has 0 aliphatic carbocycles. The third-order valence-electron chi connectivity index (χ3n) is 3.74. The van der Waals surface area contributed by atoms with Gasteiger partial charge in [0, 0.05) is 11.1 Å². The Morgan fingerprint density at radius 3 is 2.00 bits per heavy atom. The average molecular weight is 302 g/mol.